The molecule has 8 nitrogen and oxygen atoms in total. The van der Waals surface area contributed by atoms with E-state index in [-0.39, 0.29) is 24.5 Å². The van der Waals surface area contributed by atoms with Crippen LogP contribution in [0.4, 0.5) is 4.79 Å². The van der Waals surface area contributed by atoms with E-state index < -0.39 is 12.0 Å². The molecule has 36 heavy (non-hydrogen) atoms. The zero-order chi connectivity index (χ0) is 25.8. The molecular formula is C28H40N4O4. The minimum absolute atomic E-state index is 0.204. The number of hydrogen-bond donors (Lipinski definition) is 1. The second-order valence-corrected chi connectivity index (χ2v) is 10.3. The van der Waals surface area contributed by atoms with Crippen LogP contribution in [0.25, 0.3) is 0 Å². The summed E-state index contributed by atoms with van der Waals surface area (Å²) in [4.78, 5) is 45.0. The fraction of sp³-hybridized carbons (Fsp3) is 0.607. The van der Waals surface area contributed by atoms with Crippen LogP contribution in [0.5, 0.6) is 0 Å². The minimum Gasteiger partial charge on any atom is -0.463 e. The van der Waals surface area contributed by atoms with Crippen molar-refractivity contribution in [3.63, 3.8) is 0 Å². The SMILES string of the molecule is CCOC(=O)C1=C(CN2CCN(C(=O)C3CCC3)CC2)N(CC)C(=O)NC1c1ccc(C(C)C)cc1. The van der Waals surface area contributed by atoms with Crippen molar-refractivity contribution in [3.05, 3.63) is 46.7 Å². The second-order valence-electron chi connectivity index (χ2n) is 10.3. The number of rotatable bonds is 8. The molecule has 1 atom stereocenters. The van der Waals surface area contributed by atoms with Gasteiger partial charge in [0, 0.05) is 50.9 Å². The Morgan fingerprint density at radius 2 is 1.72 bits per heavy atom. The van der Waals surface area contributed by atoms with Gasteiger partial charge in [0.15, 0.2) is 0 Å². The average Bonchev–Trinajstić information content (AvgIpc) is 2.83. The molecule has 0 radical (unpaired) electrons. The van der Waals surface area contributed by atoms with E-state index in [1.165, 1.54) is 5.56 Å². The number of carbonyl (C=O) groups excluding carboxylic acids is 3. The smallest absolute Gasteiger partial charge is 0.338 e. The molecule has 1 saturated heterocycles. The fourth-order valence-electron chi connectivity index (χ4n) is 5.23. The van der Waals surface area contributed by atoms with Crippen LogP contribution in [0.1, 0.15) is 70.0 Å². The lowest BCUT2D eigenvalue weighted by atomic mass is 9.84. The Morgan fingerprint density at radius 3 is 2.25 bits per heavy atom. The zero-order valence-corrected chi connectivity index (χ0v) is 22.1. The number of benzene rings is 1. The molecule has 1 saturated carbocycles. The Balaban J connectivity index is 1.61. The Bertz CT molecular complexity index is 991. The molecule has 1 aromatic rings. The van der Waals surface area contributed by atoms with E-state index in [2.05, 4.69) is 36.2 Å². The summed E-state index contributed by atoms with van der Waals surface area (Å²) in [6, 6.07) is 7.31. The van der Waals surface area contributed by atoms with Gasteiger partial charge in [-0.15, -0.1) is 0 Å². The third kappa shape index (κ3) is 5.43. The van der Waals surface area contributed by atoms with Crippen LogP contribution >= 0.6 is 0 Å². The first-order valence-corrected chi connectivity index (χ1v) is 13.4. The maximum atomic E-state index is 13.3. The number of urea groups is 1. The van der Waals surface area contributed by atoms with Gasteiger partial charge in [0.05, 0.1) is 18.2 Å². The molecule has 0 aromatic heterocycles. The standard InChI is InChI=1S/C28H40N4O4/c1-5-32-23(18-30-14-16-31(17-15-30)26(33)22-8-7-9-22)24(27(34)36-6-2)25(29-28(32)35)21-12-10-20(11-13-21)19(3)4/h10-13,19,22,25H,5-9,14-18H2,1-4H3,(H,29,35). The number of hydrogen-bond acceptors (Lipinski definition) is 5. The topological polar surface area (TPSA) is 82.2 Å². The lowest BCUT2D eigenvalue weighted by Crippen LogP contribution is -2.54. The van der Waals surface area contributed by atoms with Crippen LogP contribution in [0, 0.1) is 5.92 Å². The number of carbonyl (C=O) groups is 3. The summed E-state index contributed by atoms with van der Waals surface area (Å²) in [5.74, 6) is 0.475. The van der Waals surface area contributed by atoms with Gasteiger partial charge in [-0.3, -0.25) is 14.6 Å². The van der Waals surface area contributed by atoms with E-state index >= 15 is 0 Å². The maximum Gasteiger partial charge on any atom is 0.338 e. The lowest BCUT2D eigenvalue weighted by molar-refractivity contribution is -0.140. The quantitative estimate of drug-likeness (QED) is 0.556. The first kappa shape index (κ1) is 26.2. The third-order valence-electron chi connectivity index (χ3n) is 7.70. The average molecular weight is 497 g/mol. The first-order chi connectivity index (χ1) is 17.3. The molecule has 2 aliphatic heterocycles. The Hall–Kier alpha value is -2.87. The largest absolute Gasteiger partial charge is 0.463 e. The number of esters is 1. The van der Waals surface area contributed by atoms with Crippen LogP contribution in [0.2, 0.25) is 0 Å². The van der Waals surface area contributed by atoms with Crippen molar-refractivity contribution in [1.82, 2.24) is 20.0 Å². The van der Waals surface area contributed by atoms with Gasteiger partial charge in [-0.25, -0.2) is 9.59 Å². The number of nitrogens with zero attached hydrogens (tertiary/aromatic N) is 3. The summed E-state index contributed by atoms with van der Waals surface area (Å²) in [5, 5.41) is 3.04. The summed E-state index contributed by atoms with van der Waals surface area (Å²) >= 11 is 0. The first-order valence-electron chi connectivity index (χ1n) is 13.4. The second kappa shape index (κ2) is 11.5. The van der Waals surface area contributed by atoms with E-state index in [1.54, 1.807) is 11.8 Å². The van der Waals surface area contributed by atoms with Gasteiger partial charge in [0.2, 0.25) is 5.91 Å². The van der Waals surface area contributed by atoms with Gasteiger partial charge in [-0.1, -0.05) is 44.5 Å². The molecule has 3 amide bonds. The van der Waals surface area contributed by atoms with Crippen molar-refractivity contribution < 1.29 is 19.1 Å². The molecule has 2 heterocycles. The number of ether oxygens (including phenoxy) is 1. The maximum absolute atomic E-state index is 13.3. The van der Waals surface area contributed by atoms with Gasteiger partial charge in [-0.2, -0.15) is 0 Å². The van der Waals surface area contributed by atoms with E-state index in [1.807, 2.05) is 24.0 Å². The predicted molar refractivity (Wildman–Crippen MR) is 138 cm³/mol. The van der Waals surface area contributed by atoms with Crippen molar-refractivity contribution in [2.75, 3.05) is 45.9 Å². The summed E-state index contributed by atoms with van der Waals surface area (Å²) in [6.07, 6.45) is 3.17. The Kier molecular flexibility index (Phi) is 8.34. The van der Waals surface area contributed by atoms with Crippen LogP contribution in [-0.4, -0.2) is 78.5 Å². The van der Waals surface area contributed by atoms with Gasteiger partial charge in [0.1, 0.15) is 0 Å². The van der Waals surface area contributed by atoms with Crippen LogP contribution < -0.4 is 5.32 Å². The van der Waals surface area contributed by atoms with E-state index in [0.29, 0.717) is 56.5 Å². The van der Waals surface area contributed by atoms with Gasteiger partial charge >= 0.3 is 12.0 Å². The molecule has 1 unspecified atom stereocenters. The van der Waals surface area contributed by atoms with Crippen LogP contribution in [-0.2, 0) is 14.3 Å². The van der Waals surface area contributed by atoms with Gasteiger partial charge in [0.25, 0.3) is 0 Å². The van der Waals surface area contributed by atoms with Crippen molar-refractivity contribution in [1.29, 1.82) is 0 Å². The van der Waals surface area contributed by atoms with Crippen molar-refractivity contribution >= 4 is 17.9 Å². The molecule has 8 heteroatoms. The van der Waals surface area contributed by atoms with Crippen LogP contribution in [0.3, 0.4) is 0 Å². The molecule has 2 fully saturated rings. The molecular weight excluding hydrogens is 456 g/mol. The highest BCUT2D eigenvalue weighted by Crippen LogP contribution is 2.33. The van der Waals surface area contributed by atoms with E-state index in [0.717, 1.165) is 24.8 Å². The molecule has 1 aliphatic carbocycles. The highest BCUT2D eigenvalue weighted by molar-refractivity contribution is 5.95. The normalized spacial score (nSPS) is 21.5. The summed E-state index contributed by atoms with van der Waals surface area (Å²) in [7, 11) is 0. The lowest BCUT2D eigenvalue weighted by Gasteiger charge is -2.41. The van der Waals surface area contributed by atoms with Gasteiger partial charge in [-0.05, 0) is 43.7 Å². The predicted octanol–water partition coefficient (Wildman–Crippen LogP) is 3.66. The highest BCUT2D eigenvalue weighted by Gasteiger charge is 2.39. The van der Waals surface area contributed by atoms with Gasteiger partial charge < -0.3 is 15.0 Å². The number of nitrogens with one attached hydrogen (secondary N) is 1. The van der Waals surface area contributed by atoms with Crippen molar-refractivity contribution in [2.45, 2.75) is 58.9 Å². The van der Waals surface area contributed by atoms with Crippen molar-refractivity contribution in [2.24, 2.45) is 5.92 Å². The molecule has 1 aromatic carbocycles. The van der Waals surface area contributed by atoms with E-state index in [4.69, 9.17) is 4.74 Å². The van der Waals surface area contributed by atoms with Crippen molar-refractivity contribution in [3.8, 4) is 0 Å². The molecule has 0 spiro atoms. The monoisotopic (exact) mass is 496 g/mol. The number of likely N-dealkylation sites (N-methyl/N-ethyl adjacent to an activating group) is 1. The number of amides is 3. The highest BCUT2D eigenvalue weighted by atomic mass is 16.5. The summed E-state index contributed by atoms with van der Waals surface area (Å²) in [6.45, 7) is 11.9. The minimum atomic E-state index is -0.572. The third-order valence-corrected chi connectivity index (χ3v) is 7.70. The molecule has 0 bridgehead atoms. The molecule has 196 valence electrons. The molecule has 1 N–H and O–H groups in total. The number of piperazine rings is 1. The Labute approximate surface area is 214 Å². The van der Waals surface area contributed by atoms with Crippen LogP contribution in [0.15, 0.2) is 35.5 Å². The molecule has 4 rings (SSSR count). The van der Waals surface area contributed by atoms with E-state index in [9.17, 15) is 14.4 Å². The zero-order valence-electron chi connectivity index (χ0n) is 22.1. The molecule has 3 aliphatic rings. The summed E-state index contributed by atoms with van der Waals surface area (Å²) < 4.78 is 5.49. The fourth-order valence-corrected chi connectivity index (χ4v) is 5.23. The summed E-state index contributed by atoms with van der Waals surface area (Å²) in [5.41, 5.74) is 3.24. The Morgan fingerprint density at radius 1 is 1.06 bits per heavy atom.